The lowest BCUT2D eigenvalue weighted by Crippen LogP contribution is -2.14. The smallest absolute Gasteiger partial charge is 0.0843 e. The van der Waals surface area contributed by atoms with E-state index in [2.05, 4.69) is 43.3 Å². The monoisotopic (exact) mass is 253 g/mol. The summed E-state index contributed by atoms with van der Waals surface area (Å²) < 4.78 is 4.49. The van der Waals surface area contributed by atoms with Gasteiger partial charge in [-0.05, 0) is 30.4 Å². The molecule has 0 aliphatic rings. The molecule has 1 aromatic carbocycles. The van der Waals surface area contributed by atoms with Crippen LogP contribution in [0.4, 0.5) is 0 Å². The fourth-order valence-corrected chi connectivity index (χ4v) is 3.91. The van der Waals surface area contributed by atoms with Gasteiger partial charge in [0, 0.05) is 21.6 Å². The summed E-state index contributed by atoms with van der Waals surface area (Å²) in [6.07, 6.45) is 0. The molecule has 16 heavy (non-hydrogen) atoms. The Labute approximate surface area is 106 Å². The largest absolute Gasteiger partial charge is 0.192 e. The zero-order chi connectivity index (χ0) is 11.7. The van der Waals surface area contributed by atoms with Crippen LogP contribution in [0.15, 0.2) is 24.3 Å². The Morgan fingerprint density at radius 3 is 2.50 bits per heavy atom. The van der Waals surface area contributed by atoms with Crippen LogP contribution in [0.25, 0.3) is 10.9 Å². The summed E-state index contributed by atoms with van der Waals surface area (Å²) in [5, 5.41) is 1.41. The number of hydrogen-bond donors (Lipinski definition) is 0. The van der Waals surface area contributed by atoms with Crippen LogP contribution >= 0.6 is 23.1 Å². The molecular weight excluding hydrogens is 238 g/mol. The maximum atomic E-state index is 6.31. The molecule has 0 radical (unpaired) electrons. The molecule has 0 N–H and O–H groups in total. The number of aromatic nitrogens is 1. The van der Waals surface area contributed by atoms with E-state index in [0.29, 0.717) is 11.8 Å². The van der Waals surface area contributed by atoms with Gasteiger partial charge in [0.2, 0.25) is 0 Å². The van der Waals surface area contributed by atoms with Gasteiger partial charge < -0.3 is 0 Å². The van der Waals surface area contributed by atoms with Crippen molar-refractivity contribution in [3.63, 3.8) is 0 Å². The van der Waals surface area contributed by atoms with E-state index in [1.54, 1.807) is 11.5 Å². The van der Waals surface area contributed by atoms with Gasteiger partial charge in [0.15, 0.2) is 0 Å². The normalized spacial score (nSPS) is 15.6. The highest BCUT2D eigenvalue weighted by molar-refractivity contribution is 7.07. The molecule has 2 atom stereocenters. The second kappa shape index (κ2) is 4.72. The fourth-order valence-electron chi connectivity index (χ4n) is 2.19. The van der Waals surface area contributed by atoms with Crippen molar-refractivity contribution >= 4 is 34.0 Å². The maximum absolute atomic E-state index is 6.31. The highest BCUT2D eigenvalue weighted by Crippen LogP contribution is 2.37. The molecule has 2 unspecified atom stereocenters. The quantitative estimate of drug-likeness (QED) is 0.725. The number of nitrogens with zero attached hydrogens (tertiary/aromatic N) is 1. The first kappa shape index (κ1) is 11.9. The van der Waals surface area contributed by atoms with E-state index < -0.39 is 0 Å². The molecule has 1 nitrogen and oxygen atoms in total. The average molecular weight is 254 g/mol. The lowest BCUT2D eigenvalue weighted by molar-refractivity contribution is 0.500. The number of benzene rings is 1. The van der Waals surface area contributed by atoms with E-state index in [0.717, 1.165) is 5.52 Å². The van der Waals surface area contributed by atoms with Crippen molar-refractivity contribution in [3.05, 3.63) is 29.1 Å². The van der Waals surface area contributed by atoms with Gasteiger partial charge in [-0.1, -0.05) is 32.0 Å². The van der Waals surface area contributed by atoms with Crippen molar-refractivity contribution < 1.29 is 0 Å². The van der Waals surface area contributed by atoms with Crippen LogP contribution in [-0.2, 0) is 0 Å². The Morgan fingerprint density at radius 1 is 1.19 bits per heavy atom. The van der Waals surface area contributed by atoms with Crippen molar-refractivity contribution in [1.82, 2.24) is 4.37 Å². The SMILES string of the molecule is CC(C)C(c1snc2ccccc12)C(C)Cl. The number of rotatable bonds is 3. The molecule has 2 rings (SSSR count). The van der Waals surface area contributed by atoms with Gasteiger partial charge in [0.1, 0.15) is 0 Å². The minimum absolute atomic E-state index is 0.142. The molecule has 0 aliphatic carbocycles. The van der Waals surface area contributed by atoms with Crippen LogP contribution in [0.2, 0.25) is 0 Å². The maximum Gasteiger partial charge on any atom is 0.0843 e. The van der Waals surface area contributed by atoms with E-state index in [1.807, 2.05) is 6.07 Å². The third-order valence-electron chi connectivity index (χ3n) is 2.93. The van der Waals surface area contributed by atoms with Gasteiger partial charge in [-0.15, -0.1) is 11.6 Å². The fraction of sp³-hybridized carbons (Fsp3) is 0.462. The van der Waals surface area contributed by atoms with Gasteiger partial charge in [0.25, 0.3) is 0 Å². The summed E-state index contributed by atoms with van der Waals surface area (Å²) >= 11 is 7.90. The van der Waals surface area contributed by atoms with Gasteiger partial charge in [-0.25, -0.2) is 0 Å². The molecule has 0 spiro atoms. The molecule has 0 aliphatic heterocycles. The molecule has 0 amide bonds. The minimum Gasteiger partial charge on any atom is -0.192 e. The van der Waals surface area contributed by atoms with Gasteiger partial charge in [0.05, 0.1) is 5.52 Å². The Kier molecular flexibility index (Phi) is 3.50. The summed E-state index contributed by atoms with van der Waals surface area (Å²) in [6, 6.07) is 8.30. The van der Waals surface area contributed by atoms with E-state index in [4.69, 9.17) is 11.6 Å². The van der Waals surface area contributed by atoms with Crippen molar-refractivity contribution in [1.29, 1.82) is 0 Å². The number of fused-ring (bicyclic) bond motifs is 1. The molecule has 86 valence electrons. The summed E-state index contributed by atoms with van der Waals surface area (Å²) in [7, 11) is 0. The number of hydrogen-bond acceptors (Lipinski definition) is 2. The molecule has 0 bridgehead atoms. The zero-order valence-corrected chi connectivity index (χ0v) is 11.3. The first-order valence-corrected chi connectivity index (χ1v) is 6.80. The molecular formula is C13H16ClNS. The van der Waals surface area contributed by atoms with Crippen LogP contribution in [-0.4, -0.2) is 9.75 Å². The summed E-state index contributed by atoms with van der Waals surface area (Å²) in [5.41, 5.74) is 1.09. The first-order chi connectivity index (χ1) is 7.61. The van der Waals surface area contributed by atoms with Crippen molar-refractivity contribution in [2.24, 2.45) is 5.92 Å². The van der Waals surface area contributed by atoms with Crippen LogP contribution in [0.1, 0.15) is 31.6 Å². The highest BCUT2D eigenvalue weighted by Gasteiger charge is 2.25. The van der Waals surface area contributed by atoms with Gasteiger partial charge in [-0.3, -0.25) is 0 Å². The Morgan fingerprint density at radius 2 is 1.88 bits per heavy atom. The van der Waals surface area contributed by atoms with E-state index in [9.17, 15) is 0 Å². The van der Waals surface area contributed by atoms with Gasteiger partial charge >= 0.3 is 0 Å². The standard InChI is InChI=1S/C13H16ClNS/c1-8(2)12(9(3)14)13-10-6-4-5-7-11(10)15-16-13/h4-9,12H,1-3H3. The Hall–Kier alpha value is -0.600. The third-order valence-corrected chi connectivity index (χ3v) is 4.18. The number of halogens is 1. The summed E-state index contributed by atoms with van der Waals surface area (Å²) in [5.74, 6) is 0.926. The van der Waals surface area contributed by atoms with Gasteiger partial charge in [-0.2, -0.15) is 4.37 Å². The lowest BCUT2D eigenvalue weighted by Gasteiger charge is -2.21. The van der Waals surface area contributed by atoms with Crippen LogP contribution in [0.3, 0.4) is 0 Å². The average Bonchev–Trinajstić information content (AvgIpc) is 2.61. The predicted molar refractivity (Wildman–Crippen MR) is 72.5 cm³/mol. The first-order valence-electron chi connectivity index (χ1n) is 5.59. The van der Waals surface area contributed by atoms with Crippen LogP contribution in [0, 0.1) is 5.92 Å². The summed E-state index contributed by atoms with van der Waals surface area (Å²) in [6.45, 7) is 6.51. The second-order valence-electron chi connectivity index (χ2n) is 4.51. The van der Waals surface area contributed by atoms with E-state index in [1.165, 1.54) is 10.3 Å². The van der Waals surface area contributed by atoms with E-state index >= 15 is 0 Å². The molecule has 0 fully saturated rings. The van der Waals surface area contributed by atoms with Crippen LogP contribution in [0.5, 0.6) is 0 Å². The van der Waals surface area contributed by atoms with Crippen molar-refractivity contribution in [3.8, 4) is 0 Å². The number of alkyl halides is 1. The Bertz CT molecular complexity index is 467. The Balaban J connectivity index is 2.53. The van der Waals surface area contributed by atoms with E-state index in [-0.39, 0.29) is 5.38 Å². The molecule has 1 aromatic heterocycles. The molecule has 2 aromatic rings. The van der Waals surface area contributed by atoms with Crippen molar-refractivity contribution in [2.45, 2.75) is 32.1 Å². The topological polar surface area (TPSA) is 12.9 Å². The third kappa shape index (κ3) is 2.09. The zero-order valence-electron chi connectivity index (χ0n) is 9.77. The molecule has 1 heterocycles. The van der Waals surface area contributed by atoms with Crippen LogP contribution < -0.4 is 0 Å². The predicted octanol–water partition coefficient (Wildman–Crippen LogP) is 4.66. The molecule has 0 saturated heterocycles. The molecule has 0 saturated carbocycles. The van der Waals surface area contributed by atoms with Crippen molar-refractivity contribution in [2.75, 3.05) is 0 Å². The second-order valence-corrected chi connectivity index (χ2v) is 6.00. The lowest BCUT2D eigenvalue weighted by atomic mass is 9.90. The minimum atomic E-state index is 0.142. The molecule has 3 heteroatoms. The highest BCUT2D eigenvalue weighted by atomic mass is 35.5. The summed E-state index contributed by atoms with van der Waals surface area (Å²) in [4.78, 5) is 1.33.